The summed E-state index contributed by atoms with van der Waals surface area (Å²) in [6.45, 7) is 1.97. The van der Waals surface area contributed by atoms with Crippen LogP contribution in [0.25, 0.3) is 0 Å². The first-order chi connectivity index (χ1) is 9.01. The molecule has 0 N–H and O–H groups in total. The number of rotatable bonds is 2. The van der Waals surface area contributed by atoms with Gasteiger partial charge in [0.05, 0.1) is 10.1 Å². The van der Waals surface area contributed by atoms with Gasteiger partial charge in [0.1, 0.15) is 0 Å². The summed E-state index contributed by atoms with van der Waals surface area (Å²) in [7, 11) is -3.21. The molecule has 104 valence electrons. The van der Waals surface area contributed by atoms with Gasteiger partial charge < -0.3 is 0 Å². The van der Waals surface area contributed by atoms with Crippen molar-refractivity contribution >= 4 is 32.4 Å². The van der Waals surface area contributed by atoms with Gasteiger partial charge in [0.25, 0.3) is 0 Å². The normalized spacial score (nSPS) is 24.7. The molecule has 0 aromatic heterocycles. The minimum Gasteiger partial charge on any atom is -0.223 e. The molecule has 0 bridgehead atoms. The zero-order valence-corrected chi connectivity index (χ0v) is 14.0. The zero-order valence-electron chi connectivity index (χ0n) is 11.0. The molecule has 0 spiro atoms. The highest BCUT2D eigenvalue weighted by Crippen LogP contribution is 2.30. The van der Waals surface area contributed by atoms with Crippen LogP contribution in [0.15, 0.2) is 41.3 Å². The van der Waals surface area contributed by atoms with Crippen molar-refractivity contribution in [2.75, 3.05) is 0 Å². The standard InChI is InChI=1S/C15H19IO2S/c1-12-8-10-13(11-9-12)19(17,18)15-7-5-3-2-4-6-14(15)16/h2-3,8-11,14-15H,4-7H2,1H3/t14-,15+/m1/s1. The molecule has 0 saturated carbocycles. The predicted molar refractivity (Wildman–Crippen MR) is 87.6 cm³/mol. The molecule has 1 aliphatic rings. The van der Waals surface area contributed by atoms with Gasteiger partial charge in [-0.3, -0.25) is 0 Å². The molecule has 4 heteroatoms. The molecule has 1 aliphatic carbocycles. The van der Waals surface area contributed by atoms with Crippen LogP contribution in [0.5, 0.6) is 0 Å². The van der Waals surface area contributed by atoms with Gasteiger partial charge in [0, 0.05) is 3.92 Å². The Kier molecular flexibility index (Phi) is 5.06. The maximum Gasteiger partial charge on any atom is 0.182 e. The second-order valence-electron chi connectivity index (χ2n) is 5.04. The molecule has 19 heavy (non-hydrogen) atoms. The number of hydrogen-bond acceptors (Lipinski definition) is 2. The fourth-order valence-corrected chi connectivity index (χ4v) is 6.09. The minimum atomic E-state index is -3.21. The third kappa shape index (κ3) is 3.60. The van der Waals surface area contributed by atoms with Crippen LogP contribution in [0.1, 0.15) is 31.2 Å². The van der Waals surface area contributed by atoms with Gasteiger partial charge in [-0.25, -0.2) is 8.42 Å². The van der Waals surface area contributed by atoms with Crippen molar-refractivity contribution in [3.8, 4) is 0 Å². The molecule has 2 atom stereocenters. The van der Waals surface area contributed by atoms with Crippen LogP contribution in [-0.2, 0) is 9.84 Å². The van der Waals surface area contributed by atoms with E-state index in [0.29, 0.717) is 4.90 Å². The summed E-state index contributed by atoms with van der Waals surface area (Å²) in [5, 5.41) is -0.263. The number of aryl methyl sites for hydroxylation is 1. The van der Waals surface area contributed by atoms with Crippen molar-refractivity contribution in [1.82, 2.24) is 0 Å². The molecule has 2 rings (SSSR count). The van der Waals surface area contributed by atoms with Gasteiger partial charge in [0.15, 0.2) is 9.84 Å². The highest BCUT2D eigenvalue weighted by atomic mass is 127. The lowest BCUT2D eigenvalue weighted by Crippen LogP contribution is -2.31. The lowest BCUT2D eigenvalue weighted by Gasteiger charge is -2.23. The molecular weight excluding hydrogens is 371 g/mol. The van der Waals surface area contributed by atoms with E-state index in [-0.39, 0.29) is 9.17 Å². The molecule has 0 radical (unpaired) electrons. The molecule has 2 nitrogen and oxygen atoms in total. The first-order valence-corrected chi connectivity index (χ1v) is 9.40. The first-order valence-electron chi connectivity index (χ1n) is 6.61. The Morgan fingerprint density at radius 1 is 1.05 bits per heavy atom. The van der Waals surface area contributed by atoms with Crippen LogP contribution in [0.4, 0.5) is 0 Å². The van der Waals surface area contributed by atoms with E-state index < -0.39 is 9.84 Å². The van der Waals surface area contributed by atoms with Gasteiger partial charge in [0.2, 0.25) is 0 Å². The first kappa shape index (κ1) is 15.0. The second-order valence-corrected chi connectivity index (χ2v) is 8.81. The average molecular weight is 390 g/mol. The Hall–Kier alpha value is -0.360. The fraction of sp³-hybridized carbons (Fsp3) is 0.467. The molecule has 1 aromatic carbocycles. The molecule has 0 fully saturated rings. The Morgan fingerprint density at radius 2 is 1.63 bits per heavy atom. The summed E-state index contributed by atoms with van der Waals surface area (Å²) in [4.78, 5) is 0.467. The summed E-state index contributed by atoms with van der Waals surface area (Å²) in [6.07, 6.45) is 7.77. The van der Waals surface area contributed by atoms with Crippen molar-refractivity contribution in [2.45, 2.75) is 46.7 Å². The summed E-state index contributed by atoms with van der Waals surface area (Å²) in [6, 6.07) is 7.22. The number of halogens is 1. The summed E-state index contributed by atoms with van der Waals surface area (Å²) >= 11 is 2.31. The Morgan fingerprint density at radius 3 is 2.26 bits per heavy atom. The number of benzene rings is 1. The van der Waals surface area contributed by atoms with Gasteiger partial charge in [-0.2, -0.15) is 0 Å². The summed E-state index contributed by atoms with van der Waals surface area (Å²) < 4.78 is 25.7. The monoisotopic (exact) mass is 390 g/mol. The van der Waals surface area contributed by atoms with Crippen molar-refractivity contribution in [3.05, 3.63) is 42.0 Å². The number of sulfone groups is 1. The number of alkyl halides is 1. The SMILES string of the molecule is Cc1ccc(S(=O)(=O)[C@H]2CCC=CCC[C@H]2I)cc1. The molecule has 1 aromatic rings. The maximum absolute atomic E-state index is 12.7. The Balaban J connectivity index is 2.31. The largest absolute Gasteiger partial charge is 0.223 e. The molecule has 0 aliphatic heterocycles. The Labute approximate surface area is 129 Å². The predicted octanol–water partition coefficient (Wildman–Crippen LogP) is 4.07. The Bertz CT molecular complexity index is 546. The molecule has 0 amide bonds. The third-order valence-electron chi connectivity index (χ3n) is 3.55. The topological polar surface area (TPSA) is 34.1 Å². The van der Waals surface area contributed by atoms with E-state index in [2.05, 4.69) is 34.7 Å². The van der Waals surface area contributed by atoms with Crippen LogP contribution >= 0.6 is 22.6 Å². The van der Waals surface area contributed by atoms with Crippen LogP contribution in [0.3, 0.4) is 0 Å². The summed E-state index contributed by atoms with van der Waals surface area (Å²) in [5.74, 6) is 0. The number of allylic oxidation sites excluding steroid dienone is 2. The average Bonchev–Trinajstić information content (AvgIpc) is 2.34. The molecule has 0 saturated heterocycles. The van der Waals surface area contributed by atoms with Crippen molar-refractivity contribution in [3.63, 3.8) is 0 Å². The molecular formula is C15H19IO2S. The second kappa shape index (κ2) is 6.39. The third-order valence-corrected chi connectivity index (χ3v) is 7.81. The molecule has 0 heterocycles. The lowest BCUT2D eigenvalue weighted by molar-refractivity contribution is 0.560. The zero-order chi connectivity index (χ0) is 13.9. The van der Waals surface area contributed by atoms with Crippen molar-refractivity contribution in [2.24, 2.45) is 0 Å². The van der Waals surface area contributed by atoms with Crippen LogP contribution in [0, 0.1) is 6.92 Å². The molecule has 0 unspecified atom stereocenters. The summed E-state index contributed by atoms with van der Waals surface area (Å²) in [5.41, 5.74) is 1.09. The highest BCUT2D eigenvalue weighted by Gasteiger charge is 2.32. The van der Waals surface area contributed by atoms with E-state index >= 15 is 0 Å². The quantitative estimate of drug-likeness (QED) is 0.434. The van der Waals surface area contributed by atoms with Gasteiger partial charge in [-0.05, 0) is 44.7 Å². The van der Waals surface area contributed by atoms with E-state index in [0.717, 1.165) is 31.2 Å². The van der Waals surface area contributed by atoms with E-state index in [1.807, 2.05) is 19.1 Å². The number of hydrogen-bond donors (Lipinski definition) is 0. The van der Waals surface area contributed by atoms with E-state index in [1.165, 1.54) is 0 Å². The maximum atomic E-state index is 12.7. The van der Waals surface area contributed by atoms with Gasteiger partial charge in [-0.1, -0.05) is 52.4 Å². The van der Waals surface area contributed by atoms with Crippen LogP contribution in [0.2, 0.25) is 0 Å². The van der Waals surface area contributed by atoms with Gasteiger partial charge in [-0.15, -0.1) is 0 Å². The lowest BCUT2D eigenvalue weighted by atomic mass is 10.1. The van der Waals surface area contributed by atoms with Gasteiger partial charge >= 0.3 is 0 Å². The van der Waals surface area contributed by atoms with E-state index in [9.17, 15) is 8.42 Å². The van der Waals surface area contributed by atoms with Crippen molar-refractivity contribution < 1.29 is 8.42 Å². The highest BCUT2D eigenvalue weighted by molar-refractivity contribution is 14.1. The smallest absolute Gasteiger partial charge is 0.182 e. The van der Waals surface area contributed by atoms with Crippen molar-refractivity contribution in [1.29, 1.82) is 0 Å². The van der Waals surface area contributed by atoms with Crippen LogP contribution in [-0.4, -0.2) is 17.6 Å². The fourth-order valence-electron chi connectivity index (χ4n) is 2.37. The van der Waals surface area contributed by atoms with E-state index in [4.69, 9.17) is 0 Å². The minimum absolute atomic E-state index is 0.189. The van der Waals surface area contributed by atoms with E-state index in [1.54, 1.807) is 12.1 Å². The van der Waals surface area contributed by atoms with Crippen LogP contribution < -0.4 is 0 Å².